The van der Waals surface area contributed by atoms with Gasteiger partial charge in [0.05, 0.1) is 6.04 Å². The molecule has 0 saturated heterocycles. The van der Waals surface area contributed by atoms with Crippen molar-refractivity contribution >= 4 is 15.9 Å². The van der Waals surface area contributed by atoms with E-state index in [2.05, 4.69) is 21.4 Å². The van der Waals surface area contributed by atoms with E-state index in [4.69, 9.17) is 5.84 Å². The molecule has 2 rings (SSSR count). The molecule has 0 aliphatic rings. The number of nitrogens with two attached hydrogens (primary N) is 1. The lowest BCUT2D eigenvalue weighted by Gasteiger charge is -2.18. The summed E-state index contributed by atoms with van der Waals surface area (Å²) in [7, 11) is 0. The van der Waals surface area contributed by atoms with Crippen molar-refractivity contribution in [2.75, 3.05) is 0 Å². The molecule has 0 aromatic heterocycles. The largest absolute Gasteiger partial charge is 0.271 e. The van der Waals surface area contributed by atoms with Crippen molar-refractivity contribution in [1.29, 1.82) is 0 Å². The monoisotopic (exact) mass is 312 g/mol. The fourth-order valence-electron chi connectivity index (χ4n) is 1.77. The lowest BCUT2D eigenvalue weighted by molar-refractivity contribution is 0.504. The molecule has 0 amide bonds. The molecular formula is C13H11BrF2N2. The summed E-state index contributed by atoms with van der Waals surface area (Å²) < 4.78 is 27.0. The van der Waals surface area contributed by atoms with Crippen LogP contribution in [0.25, 0.3) is 0 Å². The molecule has 0 heterocycles. The summed E-state index contributed by atoms with van der Waals surface area (Å²) in [6.07, 6.45) is 0. The first-order valence-corrected chi connectivity index (χ1v) is 6.08. The van der Waals surface area contributed by atoms with E-state index in [-0.39, 0.29) is 0 Å². The zero-order valence-electron chi connectivity index (χ0n) is 9.33. The molecule has 3 N–H and O–H groups in total. The van der Waals surface area contributed by atoms with Crippen molar-refractivity contribution in [3.63, 3.8) is 0 Å². The van der Waals surface area contributed by atoms with E-state index < -0.39 is 17.7 Å². The van der Waals surface area contributed by atoms with Crippen LogP contribution in [0.1, 0.15) is 17.2 Å². The van der Waals surface area contributed by atoms with Crippen LogP contribution in [0.5, 0.6) is 0 Å². The lowest BCUT2D eigenvalue weighted by atomic mass is 9.99. The predicted molar refractivity (Wildman–Crippen MR) is 69.7 cm³/mol. The average Bonchev–Trinajstić information content (AvgIpc) is 2.37. The summed E-state index contributed by atoms with van der Waals surface area (Å²) >= 11 is 3.40. The molecule has 2 nitrogen and oxygen atoms in total. The smallest absolute Gasteiger partial charge is 0.159 e. The zero-order chi connectivity index (χ0) is 13.1. The van der Waals surface area contributed by atoms with Crippen molar-refractivity contribution in [3.8, 4) is 0 Å². The molecule has 1 unspecified atom stereocenters. The van der Waals surface area contributed by atoms with E-state index >= 15 is 0 Å². The number of hydrogen-bond donors (Lipinski definition) is 2. The first-order chi connectivity index (χ1) is 8.63. The van der Waals surface area contributed by atoms with Crippen molar-refractivity contribution in [2.45, 2.75) is 6.04 Å². The minimum atomic E-state index is -0.889. The fraction of sp³-hybridized carbons (Fsp3) is 0.0769. The van der Waals surface area contributed by atoms with Gasteiger partial charge in [-0.25, -0.2) is 14.2 Å². The van der Waals surface area contributed by atoms with Gasteiger partial charge in [-0.1, -0.05) is 40.2 Å². The van der Waals surface area contributed by atoms with Crippen LogP contribution in [-0.4, -0.2) is 0 Å². The van der Waals surface area contributed by atoms with E-state index in [0.717, 1.165) is 22.2 Å². The number of nitrogens with one attached hydrogen (secondary N) is 1. The molecule has 5 heteroatoms. The Hall–Kier alpha value is -1.30. The Labute approximate surface area is 112 Å². The van der Waals surface area contributed by atoms with E-state index in [1.54, 1.807) is 0 Å². The third-order valence-electron chi connectivity index (χ3n) is 2.66. The van der Waals surface area contributed by atoms with E-state index in [0.29, 0.717) is 5.56 Å². The maximum atomic E-state index is 13.2. The van der Waals surface area contributed by atoms with Crippen molar-refractivity contribution in [2.24, 2.45) is 5.84 Å². The molecule has 0 spiro atoms. The average molecular weight is 313 g/mol. The molecule has 0 saturated carbocycles. The predicted octanol–water partition coefficient (Wildman–Crippen LogP) is 3.28. The van der Waals surface area contributed by atoms with Gasteiger partial charge in [0.1, 0.15) is 0 Å². The van der Waals surface area contributed by atoms with Crippen LogP contribution >= 0.6 is 15.9 Å². The summed E-state index contributed by atoms with van der Waals surface area (Å²) in [5.74, 6) is 3.74. The lowest BCUT2D eigenvalue weighted by Crippen LogP contribution is -2.29. The Bertz CT molecular complexity index is 560. The van der Waals surface area contributed by atoms with Gasteiger partial charge in [-0.15, -0.1) is 0 Å². The molecule has 18 heavy (non-hydrogen) atoms. The van der Waals surface area contributed by atoms with E-state index in [1.807, 2.05) is 24.3 Å². The maximum absolute atomic E-state index is 13.2. The Morgan fingerprint density at radius 2 is 1.78 bits per heavy atom. The third-order valence-corrected chi connectivity index (χ3v) is 3.38. The molecule has 94 valence electrons. The van der Waals surface area contributed by atoms with Gasteiger partial charge < -0.3 is 0 Å². The van der Waals surface area contributed by atoms with Crippen LogP contribution in [0, 0.1) is 11.6 Å². The Morgan fingerprint density at radius 3 is 2.39 bits per heavy atom. The number of benzene rings is 2. The molecule has 2 aromatic carbocycles. The minimum Gasteiger partial charge on any atom is -0.271 e. The summed E-state index contributed by atoms with van der Waals surface area (Å²) in [4.78, 5) is 0. The van der Waals surface area contributed by atoms with Gasteiger partial charge in [-0.05, 0) is 29.3 Å². The minimum absolute atomic E-state index is 0.407. The highest BCUT2D eigenvalue weighted by atomic mass is 79.9. The van der Waals surface area contributed by atoms with Gasteiger partial charge in [-0.2, -0.15) is 0 Å². The second-order valence-corrected chi connectivity index (χ2v) is 4.65. The quantitative estimate of drug-likeness (QED) is 0.674. The standard InChI is InChI=1S/C13H11BrF2N2/c14-10-4-2-1-3-9(10)13(18-17)8-5-6-11(15)12(16)7-8/h1-7,13,18H,17H2. The first kappa shape index (κ1) is 13.1. The number of hydrazine groups is 1. The highest BCUT2D eigenvalue weighted by molar-refractivity contribution is 9.10. The Morgan fingerprint density at radius 1 is 1.06 bits per heavy atom. The molecular weight excluding hydrogens is 302 g/mol. The van der Waals surface area contributed by atoms with E-state index in [9.17, 15) is 8.78 Å². The summed E-state index contributed by atoms with van der Waals surface area (Å²) in [6.45, 7) is 0. The number of rotatable bonds is 3. The highest BCUT2D eigenvalue weighted by Gasteiger charge is 2.16. The molecule has 0 aliphatic heterocycles. The number of hydrogen-bond acceptors (Lipinski definition) is 2. The molecule has 0 fully saturated rings. The van der Waals surface area contributed by atoms with Crippen molar-refractivity contribution in [3.05, 3.63) is 69.7 Å². The van der Waals surface area contributed by atoms with Gasteiger partial charge in [-0.3, -0.25) is 5.84 Å². The van der Waals surface area contributed by atoms with Crippen molar-refractivity contribution < 1.29 is 8.78 Å². The molecule has 0 radical (unpaired) electrons. The van der Waals surface area contributed by atoms with E-state index in [1.165, 1.54) is 6.07 Å². The van der Waals surface area contributed by atoms with Gasteiger partial charge in [0.25, 0.3) is 0 Å². The number of halogens is 3. The highest BCUT2D eigenvalue weighted by Crippen LogP contribution is 2.28. The van der Waals surface area contributed by atoms with Crippen LogP contribution in [0.2, 0.25) is 0 Å². The summed E-state index contributed by atoms with van der Waals surface area (Å²) in [5, 5.41) is 0. The van der Waals surface area contributed by atoms with Gasteiger partial charge in [0.2, 0.25) is 0 Å². The van der Waals surface area contributed by atoms with Gasteiger partial charge in [0, 0.05) is 4.47 Å². The van der Waals surface area contributed by atoms with Crippen LogP contribution in [0.15, 0.2) is 46.9 Å². The van der Waals surface area contributed by atoms with Crippen LogP contribution in [-0.2, 0) is 0 Å². The van der Waals surface area contributed by atoms with Crippen LogP contribution < -0.4 is 11.3 Å². The maximum Gasteiger partial charge on any atom is 0.159 e. The molecule has 2 aromatic rings. The molecule has 0 aliphatic carbocycles. The van der Waals surface area contributed by atoms with Crippen LogP contribution in [0.3, 0.4) is 0 Å². The molecule has 0 bridgehead atoms. The second-order valence-electron chi connectivity index (χ2n) is 3.79. The second kappa shape index (κ2) is 5.56. The molecule has 1 atom stereocenters. The normalized spacial score (nSPS) is 12.4. The third kappa shape index (κ3) is 2.58. The Balaban J connectivity index is 2.45. The van der Waals surface area contributed by atoms with Gasteiger partial charge >= 0.3 is 0 Å². The summed E-state index contributed by atoms with van der Waals surface area (Å²) in [6, 6.07) is 10.8. The zero-order valence-corrected chi connectivity index (χ0v) is 10.9. The fourth-order valence-corrected chi connectivity index (χ4v) is 2.28. The first-order valence-electron chi connectivity index (χ1n) is 5.29. The topological polar surface area (TPSA) is 38.0 Å². The Kier molecular flexibility index (Phi) is 4.06. The van der Waals surface area contributed by atoms with Gasteiger partial charge in [0.15, 0.2) is 11.6 Å². The SMILES string of the molecule is NNC(c1ccc(F)c(F)c1)c1ccccc1Br. The van der Waals surface area contributed by atoms with Crippen molar-refractivity contribution in [1.82, 2.24) is 5.43 Å². The van der Waals surface area contributed by atoms with Crippen LogP contribution in [0.4, 0.5) is 8.78 Å². The summed E-state index contributed by atoms with van der Waals surface area (Å²) in [5.41, 5.74) is 4.01.